The first-order valence-electron chi connectivity index (χ1n) is 5.62. The highest BCUT2D eigenvalue weighted by Crippen LogP contribution is 2.38. The predicted octanol–water partition coefficient (Wildman–Crippen LogP) is 3.92. The lowest BCUT2D eigenvalue weighted by molar-refractivity contribution is 0.212. The molecule has 0 aliphatic heterocycles. The Kier molecular flexibility index (Phi) is 4.78. The first-order valence-corrected chi connectivity index (χ1v) is 5.62. The Morgan fingerprint density at radius 3 is 2.57 bits per heavy atom. The second-order valence-corrected chi connectivity index (χ2v) is 4.60. The van der Waals surface area contributed by atoms with Gasteiger partial charge in [-0.2, -0.15) is 0 Å². The van der Waals surface area contributed by atoms with Crippen LogP contribution in [0.3, 0.4) is 0 Å². The van der Waals surface area contributed by atoms with E-state index in [9.17, 15) is 0 Å². The number of hydrogen-bond acceptors (Lipinski definition) is 1. The quantitative estimate of drug-likeness (QED) is 0.489. The van der Waals surface area contributed by atoms with E-state index in [4.69, 9.17) is 4.74 Å². The Bertz CT molecular complexity index is 203. The van der Waals surface area contributed by atoms with E-state index in [1.165, 1.54) is 31.9 Å². The molecule has 1 nitrogen and oxygen atoms in total. The van der Waals surface area contributed by atoms with Gasteiger partial charge in [-0.3, -0.25) is 0 Å². The van der Waals surface area contributed by atoms with Crippen molar-refractivity contribution in [2.24, 2.45) is 11.8 Å². The van der Waals surface area contributed by atoms with Gasteiger partial charge in [-0.05, 0) is 37.5 Å². The van der Waals surface area contributed by atoms with Crippen molar-refractivity contribution in [2.75, 3.05) is 6.61 Å². The average Bonchev–Trinajstić information content (AvgIpc) is 2.79. The third-order valence-electron chi connectivity index (χ3n) is 2.71. The van der Waals surface area contributed by atoms with E-state index in [1.54, 1.807) is 5.57 Å². The first-order chi connectivity index (χ1) is 6.72. The fourth-order valence-electron chi connectivity index (χ4n) is 1.94. The zero-order valence-electron chi connectivity index (χ0n) is 9.46. The van der Waals surface area contributed by atoms with E-state index in [-0.39, 0.29) is 0 Å². The van der Waals surface area contributed by atoms with Crippen LogP contribution in [0, 0.1) is 11.8 Å². The van der Waals surface area contributed by atoms with Crippen molar-refractivity contribution in [1.29, 1.82) is 0 Å². The SMILES string of the molecule is C1=C2CCC(C1)C2.C=COCC(C)C. The van der Waals surface area contributed by atoms with E-state index in [0.717, 1.165) is 12.5 Å². The summed E-state index contributed by atoms with van der Waals surface area (Å²) < 4.78 is 4.86. The molecule has 2 aliphatic carbocycles. The van der Waals surface area contributed by atoms with Crippen molar-refractivity contribution in [3.05, 3.63) is 24.5 Å². The molecule has 1 fully saturated rings. The predicted molar refractivity (Wildman–Crippen MR) is 61.0 cm³/mol. The van der Waals surface area contributed by atoms with Crippen molar-refractivity contribution < 1.29 is 4.74 Å². The maximum atomic E-state index is 4.86. The second-order valence-electron chi connectivity index (χ2n) is 4.60. The van der Waals surface area contributed by atoms with Crippen LogP contribution in [0.5, 0.6) is 0 Å². The number of hydrogen-bond donors (Lipinski definition) is 0. The first kappa shape index (κ1) is 11.4. The third-order valence-corrected chi connectivity index (χ3v) is 2.71. The van der Waals surface area contributed by atoms with Gasteiger partial charge in [0.25, 0.3) is 0 Å². The molecule has 14 heavy (non-hydrogen) atoms. The fraction of sp³-hybridized carbons (Fsp3) is 0.692. The van der Waals surface area contributed by atoms with E-state index >= 15 is 0 Å². The standard InChI is InChI=1S/C7H10.C6H12O/c1-2-7-4-3-6(1)5-7;1-4-7-5-6(2)3/h1,7H,2-5H2;4,6H,1,5H2,2-3H3. The molecule has 0 saturated heterocycles. The molecule has 0 spiro atoms. The summed E-state index contributed by atoms with van der Waals surface area (Å²) in [5.41, 5.74) is 1.74. The number of ether oxygens (including phenoxy) is 1. The lowest BCUT2D eigenvalue weighted by Gasteiger charge is -2.00. The van der Waals surface area contributed by atoms with Crippen molar-refractivity contribution in [1.82, 2.24) is 0 Å². The molecule has 1 atom stereocenters. The van der Waals surface area contributed by atoms with Gasteiger partial charge in [-0.25, -0.2) is 0 Å². The smallest absolute Gasteiger partial charge is 0.0895 e. The highest BCUT2D eigenvalue weighted by atomic mass is 16.5. The molecule has 2 rings (SSSR count). The summed E-state index contributed by atoms with van der Waals surface area (Å²) in [6.07, 6.45) is 9.65. The van der Waals surface area contributed by atoms with Crippen LogP contribution in [0.2, 0.25) is 0 Å². The minimum atomic E-state index is 0.609. The molecule has 1 saturated carbocycles. The van der Waals surface area contributed by atoms with Crippen LogP contribution in [0.4, 0.5) is 0 Å². The highest BCUT2D eigenvalue weighted by molar-refractivity contribution is 5.15. The van der Waals surface area contributed by atoms with Gasteiger partial charge in [0, 0.05) is 0 Å². The van der Waals surface area contributed by atoms with Crippen LogP contribution in [-0.2, 0) is 4.74 Å². The zero-order valence-corrected chi connectivity index (χ0v) is 9.46. The summed E-state index contributed by atoms with van der Waals surface area (Å²) in [6.45, 7) is 8.39. The molecule has 2 aliphatic rings. The third kappa shape index (κ3) is 3.99. The molecule has 80 valence electrons. The number of fused-ring (bicyclic) bond motifs is 2. The second kappa shape index (κ2) is 5.90. The lowest BCUT2D eigenvalue weighted by atomic mass is 10.1. The molecule has 0 aromatic heterocycles. The van der Waals surface area contributed by atoms with Crippen LogP contribution in [-0.4, -0.2) is 6.61 Å². The maximum absolute atomic E-state index is 4.86. The lowest BCUT2D eigenvalue weighted by Crippen LogP contribution is -1.95. The minimum Gasteiger partial charge on any atom is -0.502 e. The Hall–Kier alpha value is -0.720. The van der Waals surface area contributed by atoms with E-state index in [2.05, 4.69) is 26.5 Å². The highest BCUT2D eigenvalue weighted by Gasteiger charge is 2.22. The van der Waals surface area contributed by atoms with Crippen LogP contribution in [0.15, 0.2) is 24.5 Å². The van der Waals surface area contributed by atoms with E-state index < -0.39 is 0 Å². The monoisotopic (exact) mass is 194 g/mol. The van der Waals surface area contributed by atoms with Crippen LogP contribution in [0.1, 0.15) is 39.5 Å². The van der Waals surface area contributed by atoms with Gasteiger partial charge in [0.15, 0.2) is 0 Å². The molecule has 2 bridgehead atoms. The molecule has 0 radical (unpaired) electrons. The molecule has 1 heteroatoms. The normalized spacial score (nSPS) is 22.8. The van der Waals surface area contributed by atoms with Gasteiger partial charge in [0.1, 0.15) is 0 Å². The van der Waals surface area contributed by atoms with E-state index in [1.807, 2.05) is 0 Å². The van der Waals surface area contributed by atoms with Crippen LogP contribution >= 0.6 is 0 Å². The zero-order chi connectivity index (χ0) is 10.4. The molecule has 1 unspecified atom stereocenters. The fourth-order valence-corrected chi connectivity index (χ4v) is 1.94. The van der Waals surface area contributed by atoms with Gasteiger partial charge in [-0.15, -0.1) is 0 Å². The van der Waals surface area contributed by atoms with Crippen molar-refractivity contribution in [3.8, 4) is 0 Å². The molecular formula is C13H22O. The molecule has 0 aromatic carbocycles. The molecule has 0 N–H and O–H groups in total. The summed E-state index contributed by atoms with van der Waals surface area (Å²) >= 11 is 0. The largest absolute Gasteiger partial charge is 0.502 e. The Balaban J connectivity index is 0.000000140. The van der Waals surface area contributed by atoms with E-state index in [0.29, 0.717) is 5.92 Å². The number of allylic oxidation sites excluding steroid dienone is 2. The van der Waals surface area contributed by atoms with Crippen molar-refractivity contribution in [3.63, 3.8) is 0 Å². The summed E-state index contributed by atoms with van der Waals surface area (Å²) in [7, 11) is 0. The van der Waals surface area contributed by atoms with Crippen LogP contribution in [0.25, 0.3) is 0 Å². The summed E-state index contributed by atoms with van der Waals surface area (Å²) in [5, 5.41) is 0. The molecule has 0 amide bonds. The summed E-state index contributed by atoms with van der Waals surface area (Å²) in [5.74, 6) is 1.69. The molecule has 0 aromatic rings. The van der Waals surface area contributed by atoms with Gasteiger partial charge >= 0.3 is 0 Å². The van der Waals surface area contributed by atoms with Crippen molar-refractivity contribution >= 4 is 0 Å². The topological polar surface area (TPSA) is 9.23 Å². The van der Waals surface area contributed by atoms with Gasteiger partial charge < -0.3 is 4.74 Å². The average molecular weight is 194 g/mol. The summed E-state index contributed by atoms with van der Waals surface area (Å²) in [4.78, 5) is 0. The van der Waals surface area contributed by atoms with Gasteiger partial charge in [0.2, 0.25) is 0 Å². The van der Waals surface area contributed by atoms with Crippen LogP contribution < -0.4 is 0 Å². The number of rotatable bonds is 3. The molecule has 0 heterocycles. The Morgan fingerprint density at radius 2 is 2.43 bits per heavy atom. The van der Waals surface area contributed by atoms with Gasteiger partial charge in [0.05, 0.1) is 12.9 Å². The Morgan fingerprint density at radius 1 is 1.64 bits per heavy atom. The Labute approximate surface area is 87.8 Å². The van der Waals surface area contributed by atoms with Gasteiger partial charge in [-0.1, -0.05) is 32.1 Å². The van der Waals surface area contributed by atoms with Crippen molar-refractivity contribution in [2.45, 2.75) is 39.5 Å². The maximum Gasteiger partial charge on any atom is 0.0895 e. The minimum absolute atomic E-state index is 0.609. The molecular weight excluding hydrogens is 172 g/mol. The summed E-state index contributed by atoms with van der Waals surface area (Å²) in [6, 6.07) is 0.